The highest BCUT2D eigenvalue weighted by Gasteiger charge is 2.54. The minimum absolute atomic E-state index is 0.0280. The Morgan fingerprint density at radius 3 is 2.59 bits per heavy atom. The van der Waals surface area contributed by atoms with Crippen LogP contribution in [0.5, 0.6) is 0 Å². The molecule has 134 valence electrons. The number of hydrogen-bond acceptors (Lipinski definition) is 6. The third kappa shape index (κ3) is 2.63. The van der Waals surface area contributed by atoms with Gasteiger partial charge in [0.25, 0.3) is 5.69 Å². The maximum absolute atomic E-state index is 11.3. The minimum Gasteiger partial charge on any atom is -0.399 e. The maximum Gasteiger partial charge on any atom is 0.288 e. The SMILES string of the molecule is N#CC1=C(N)C(C#N)(C#N)[C@H](c2ccc(Cl)c([N+](=O)[O-])c2)[C@H]2CCCC=C12. The van der Waals surface area contributed by atoms with Crippen LogP contribution < -0.4 is 5.73 Å². The Morgan fingerprint density at radius 2 is 2.00 bits per heavy atom. The standard InChI is InChI=1S/C19H14ClN5O2/c20-15-6-5-11(7-16(15)25(26)27)17-13-4-2-1-3-12(13)14(8-21)18(24)19(17,9-22)10-23/h3,5-7,13,17H,1-2,4,24H2/t13-,17+/m0/s1. The molecule has 0 aromatic heterocycles. The Labute approximate surface area is 160 Å². The van der Waals surface area contributed by atoms with Gasteiger partial charge in [-0.15, -0.1) is 0 Å². The molecule has 2 aliphatic rings. The van der Waals surface area contributed by atoms with Gasteiger partial charge in [-0.2, -0.15) is 15.8 Å². The van der Waals surface area contributed by atoms with Crippen molar-refractivity contribution in [1.82, 2.24) is 0 Å². The summed E-state index contributed by atoms with van der Waals surface area (Å²) in [7, 11) is 0. The summed E-state index contributed by atoms with van der Waals surface area (Å²) in [6.07, 6.45) is 4.15. The highest BCUT2D eigenvalue weighted by molar-refractivity contribution is 6.32. The van der Waals surface area contributed by atoms with Crippen LogP contribution in [0.2, 0.25) is 5.02 Å². The second-order valence-corrected chi connectivity index (χ2v) is 6.98. The molecule has 2 N–H and O–H groups in total. The lowest BCUT2D eigenvalue weighted by molar-refractivity contribution is -0.384. The van der Waals surface area contributed by atoms with E-state index in [1.165, 1.54) is 12.1 Å². The summed E-state index contributed by atoms with van der Waals surface area (Å²) in [6.45, 7) is 0. The van der Waals surface area contributed by atoms with E-state index in [0.717, 1.165) is 12.8 Å². The molecule has 0 radical (unpaired) electrons. The van der Waals surface area contributed by atoms with Crippen LogP contribution in [0, 0.1) is 55.4 Å². The Balaban J connectivity index is 2.34. The lowest BCUT2D eigenvalue weighted by Crippen LogP contribution is -2.42. The highest BCUT2D eigenvalue weighted by Crippen LogP contribution is 2.56. The van der Waals surface area contributed by atoms with Crippen LogP contribution in [-0.4, -0.2) is 4.92 Å². The van der Waals surface area contributed by atoms with Gasteiger partial charge in [0.05, 0.1) is 28.3 Å². The third-order valence-electron chi connectivity index (χ3n) is 5.33. The number of nitriles is 3. The van der Waals surface area contributed by atoms with Crippen LogP contribution in [0.1, 0.15) is 30.7 Å². The Kier molecular flexibility index (Phi) is 4.62. The summed E-state index contributed by atoms with van der Waals surface area (Å²) in [6, 6.07) is 10.3. The third-order valence-corrected chi connectivity index (χ3v) is 5.64. The molecule has 0 heterocycles. The van der Waals surface area contributed by atoms with Crippen molar-refractivity contribution in [2.45, 2.75) is 25.2 Å². The number of allylic oxidation sites excluding steroid dienone is 4. The van der Waals surface area contributed by atoms with Crippen molar-refractivity contribution < 1.29 is 4.92 Å². The molecular weight excluding hydrogens is 366 g/mol. The zero-order chi connectivity index (χ0) is 19.8. The van der Waals surface area contributed by atoms with E-state index in [4.69, 9.17) is 17.3 Å². The van der Waals surface area contributed by atoms with Gasteiger partial charge in [0.15, 0.2) is 5.41 Å². The lowest BCUT2D eigenvalue weighted by atomic mass is 9.57. The Morgan fingerprint density at radius 1 is 1.30 bits per heavy atom. The number of benzene rings is 1. The fourth-order valence-corrected chi connectivity index (χ4v) is 4.30. The van der Waals surface area contributed by atoms with Gasteiger partial charge in [-0.1, -0.05) is 23.7 Å². The fraction of sp³-hybridized carbons (Fsp3) is 0.316. The van der Waals surface area contributed by atoms with Gasteiger partial charge in [-0.05, 0) is 42.4 Å². The molecule has 27 heavy (non-hydrogen) atoms. The number of nitrogens with zero attached hydrogens (tertiary/aromatic N) is 4. The molecule has 0 fully saturated rings. The van der Waals surface area contributed by atoms with Crippen LogP contribution in [-0.2, 0) is 0 Å². The van der Waals surface area contributed by atoms with Crippen LogP contribution in [0.3, 0.4) is 0 Å². The molecule has 3 rings (SSSR count). The van der Waals surface area contributed by atoms with Gasteiger partial charge >= 0.3 is 0 Å². The average Bonchev–Trinajstić information content (AvgIpc) is 2.67. The predicted octanol–water partition coefficient (Wildman–Crippen LogP) is 3.84. The molecule has 0 saturated carbocycles. The van der Waals surface area contributed by atoms with E-state index < -0.39 is 16.3 Å². The number of hydrogen-bond donors (Lipinski definition) is 1. The monoisotopic (exact) mass is 379 g/mol. The maximum atomic E-state index is 11.3. The number of fused-ring (bicyclic) bond motifs is 1. The van der Waals surface area contributed by atoms with E-state index in [0.29, 0.717) is 17.6 Å². The van der Waals surface area contributed by atoms with Gasteiger partial charge in [0, 0.05) is 12.0 Å². The quantitative estimate of drug-likeness (QED) is 0.611. The highest BCUT2D eigenvalue weighted by atomic mass is 35.5. The summed E-state index contributed by atoms with van der Waals surface area (Å²) in [5, 5.41) is 40.7. The van der Waals surface area contributed by atoms with Crippen molar-refractivity contribution >= 4 is 17.3 Å². The van der Waals surface area contributed by atoms with Gasteiger partial charge in [0.1, 0.15) is 11.1 Å². The molecule has 8 heteroatoms. The lowest BCUT2D eigenvalue weighted by Gasteiger charge is -2.43. The van der Waals surface area contributed by atoms with Gasteiger partial charge in [0.2, 0.25) is 0 Å². The predicted molar refractivity (Wildman–Crippen MR) is 96.8 cm³/mol. The van der Waals surface area contributed by atoms with Gasteiger partial charge < -0.3 is 5.73 Å². The molecule has 7 nitrogen and oxygen atoms in total. The molecule has 0 spiro atoms. The van der Waals surface area contributed by atoms with E-state index in [1.807, 2.05) is 24.3 Å². The first kappa shape index (κ1) is 18.5. The molecule has 0 saturated heterocycles. The van der Waals surface area contributed by atoms with E-state index in [2.05, 4.69) is 0 Å². The Hall–Kier alpha value is -3.34. The van der Waals surface area contributed by atoms with E-state index >= 15 is 0 Å². The van der Waals surface area contributed by atoms with Crippen LogP contribution in [0.25, 0.3) is 0 Å². The first-order valence-corrected chi connectivity index (χ1v) is 8.66. The first-order chi connectivity index (χ1) is 12.9. The normalized spacial score (nSPS) is 23.3. The summed E-state index contributed by atoms with van der Waals surface area (Å²) < 4.78 is 0. The van der Waals surface area contributed by atoms with E-state index in [9.17, 15) is 25.9 Å². The summed E-state index contributed by atoms with van der Waals surface area (Å²) in [5.41, 5.74) is 5.30. The van der Waals surface area contributed by atoms with Crippen molar-refractivity contribution in [3.05, 3.63) is 61.8 Å². The second-order valence-electron chi connectivity index (χ2n) is 6.57. The van der Waals surface area contributed by atoms with Crippen LogP contribution >= 0.6 is 11.6 Å². The van der Waals surface area contributed by atoms with E-state index in [1.54, 1.807) is 6.07 Å². The minimum atomic E-state index is -1.79. The largest absolute Gasteiger partial charge is 0.399 e. The van der Waals surface area contributed by atoms with Crippen LogP contribution in [0.4, 0.5) is 5.69 Å². The number of nitro groups is 1. The smallest absolute Gasteiger partial charge is 0.288 e. The van der Waals surface area contributed by atoms with Gasteiger partial charge in [-0.25, -0.2) is 0 Å². The summed E-state index contributed by atoms with van der Waals surface area (Å²) in [4.78, 5) is 10.7. The summed E-state index contributed by atoms with van der Waals surface area (Å²) >= 11 is 5.92. The molecule has 0 aliphatic heterocycles. The van der Waals surface area contributed by atoms with Gasteiger partial charge in [-0.3, -0.25) is 10.1 Å². The molecular formula is C19H14ClN5O2. The first-order valence-electron chi connectivity index (χ1n) is 8.28. The van der Waals surface area contributed by atoms with Crippen LogP contribution in [0.15, 0.2) is 41.1 Å². The molecule has 0 unspecified atom stereocenters. The molecule has 2 aliphatic carbocycles. The summed E-state index contributed by atoms with van der Waals surface area (Å²) in [5.74, 6) is -1.03. The zero-order valence-corrected chi connectivity index (χ0v) is 14.9. The number of nitrogens with two attached hydrogens (primary N) is 1. The topological polar surface area (TPSA) is 141 Å². The molecule has 2 atom stereocenters. The van der Waals surface area contributed by atoms with Crippen molar-refractivity contribution in [1.29, 1.82) is 15.8 Å². The number of rotatable bonds is 2. The number of halogens is 1. The second kappa shape index (κ2) is 6.76. The molecule has 0 bridgehead atoms. The van der Waals surface area contributed by atoms with Crippen molar-refractivity contribution in [2.75, 3.05) is 0 Å². The Bertz CT molecular complexity index is 1010. The van der Waals surface area contributed by atoms with E-state index in [-0.39, 0.29) is 27.9 Å². The van der Waals surface area contributed by atoms with Crippen molar-refractivity contribution in [2.24, 2.45) is 17.1 Å². The van der Waals surface area contributed by atoms with Crippen molar-refractivity contribution in [3.8, 4) is 18.2 Å². The fourth-order valence-electron chi connectivity index (χ4n) is 4.11. The zero-order valence-electron chi connectivity index (χ0n) is 14.1. The van der Waals surface area contributed by atoms with Crippen molar-refractivity contribution in [3.63, 3.8) is 0 Å². The molecule has 1 aromatic carbocycles. The molecule has 0 amide bonds. The number of nitro benzene ring substituents is 1. The average molecular weight is 380 g/mol. The molecule has 1 aromatic rings.